The van der Waals surface area contributed by atoms with Crippen LogP contribution in [0.5, 0.6) is 0 Å². The number of hydrogen-bond donors (Lipinski definition) is 1. The molecule has 0 fully saturated rings. The first-order chi connectivity index (χ1) is 8.15. The van der Waals surface area contributed by atoms with Gasteiger partial charge in [0, 0.05) is 7.11 Å². The van der Waals surface area contributed by atoms with Gasteiger partial charge in [0.15, 0.2) is 0 Å². The summed E-state index contributed by atoms with van der Waals surface area (Å²) in [6.07, 6.45) is 0. The first-order valence-electron chi connectivity index (χ1n) is 5.32. The molecule has 5 nitrogen and oxygen atoms in total. The molecule has 0 aliphatic carbocycles. The maximum Gasteiger partial charge on any atom is 0.326 e. The molecule has 5 heteroatoms. The summed E-state index contributed by atoms with van der Waals surface area (Å²) in [6, 6.07) is 6.81. The molecule has 0 aliphatic heterocycles. The summed E-state index contributed by atoms with van der Waals surface area (Å²) in [5.41, 5.74) is 1.60. The number of para-hydroxylation sites is 2. The van der Waals surface area contributed by atoms with E-state index in [0.29, 0.717) is 12.4 Å². The van der Waals surface area contributed by atoms with Crippen LogP contribution in [0, 0.1) is 0 Å². The Labute approximate surface area is 98.6 Å². The van der Waals surface area contributed by atoms with Gasteiger partial charge in [0.25, 0.3) is 0 Å². The number of hydrogen-bond acceptors (Lipinski definition) is 3. The van der Waals surface area contributed by atoms with E-state index in [1.165, 1.54) is 0 Å². The van der Waals surface area contributed by atoms with E-state index in [1.54, 1.807) is 18.6 Å². The predicted octanol–water partition coefficient (Wildman–Crippen LogP) is 1.83. The van der Waals surface area contributed by atoms with E-state index in [0.717, 1.165) is 11.0 Å². The Morgan fingerprint density at radius 3 is 2.88 bits per heavy atom. The van der Waals surface area contributed by atoms with E-state index in [4.69, 9.17) is 9.84 Å². The second kappa shape index (κ2) is 4.55. The average molecular weight is 234 g/mol. The third-order valence-corrected chi connectivity index (χ3v) is 2.69. The fraction of sp³-hybridized carbons (Fsp3) is 0.333. The quantitative estimate of drug-likeness (QED) is 0.876. The molecule has 0 radical (unpaired) electrons. The molecule has 0 bridgehead atoms. The molecule has 17 heavy (non-hydrogen) atoms. The van der Waals surface area contributed by atoms with Crippen LogP contribution in [0.25, 0.3) is 11.0 Å². The molecular formula is C12H14N2O3. The SMILES string of the molecule is COCc1nc2ccccc2n1[C@@H](C)C(=O)O. The number of rotatable bonds is 4. The number of ether oxygens (including phenoxy) is 1. The molecular weight excluding hydrogens is 220 g/mol. The molecule has 0 saturated heterocycles. The molecule has 0 saturated carbocycles. The van der Waals surface area contributed by atoms with Crippen LogP contribution >= 0.6 is 0 Å². The lowest BCUT2D eigenvalue weighted by molar-refractivity contribution is -0.140. The maximum atomic E-state index is 11.1. The second-order valence-electron chi connectivity index (χ2n) is 3.83. The zero-order valence-corrected chi connectivity index (χ0v) is 9.75. The third kappa shape index (κ3) is 2.01. The Bertz CT molecular complexity index is 548. The highest BCUT2D eigenvalue weighted by Crippen LogP contribution is 2.21. The van der Waals surface area contributed by atoms with Crippen LogP contribution in [0.3, 0.4) is 0 Å². The Hall–Kier alpha value is -1.88. The molecule has 0 unspecified atom stereocenters. The van der Waals surface area contributed by atoms with Gasteiger partial charge in [-0.2, -0.15) is 0 Å². The van der Waals surface area contributed by atoms with Gasteiger partial charge in [-0.3, -0.25) is 0 Å². The van der Waals surface area contributed by atoms with Crippen LogP contribution in [0.1, 0.15) is 18.8 Å². The van der Waals surface area contributed by atoms with Crippen molar-refractivity contribution >= 4 is 17.0 Å². The average Bonchev–Trinajstić information content (AvgIpc) is 2.66. The van der Waals surface area contributed by atoms with Gasteiger partial charge >= 0.3 is 5.97 Å². The van der Waals surface area contributed by atoms with Gasteiger partial charge in [0.2, 0.25) is 0 Å². The van der Waals surface area contributed by atoms with Crippen LogP contribution in [0.4, 0.5) is 0 Å². The van der Waals surface area contributed by atoms with E-state index in [2.05, 4.69) is 4.98 Å². The standard InChI is InChI=1S/C12H14N2O3/c1-8(12(15)16)14-10-6-4-3-5-9(10)13-11(14)7-17-2/h3-6,8H,7H2,1-2H3,(H,15,16)/t8-/m0/s1. The van der Waals surface area contributed by atoms with E-state index < -0.39 is 12.0 Å². The van der Waals surface area contributed by atoms with Gasteiger partial charge in [-0.25, -0.2) is 9.78 Å². The van der Waals surface area contributed by atoms with Gasteiger partial charge in [0.05, 0.1) is 11.0 Å². The number of carboxylic acids is 1. The van der Waals surface area contributed by atoms with Crippen LogP contribution in [-0.4, -0.2) is 27.7 Å². The molecule has 1 heterocycles. The first-order valence-corrected chi connectivity index (χ1v) is 5.32. The third-order valence-electron chi connectivity index (χ3n) is 2.69. The van der Waals surface area contributed by atoms with E-state index in [-0.39, 0.29) is 0 Å². The summed E-state index contributed by atoms with van der Waals surface area (Å²) in [5, 5.41) is 9.12. The Morgan fingerprint density at radius 2 is 2.24 bits per heavy atom. The van der Waals surface area contributed by atoms with Crippen molar-refractivity contribution in [2.75, 3.05) is 7.11 Å². The molecule has 90 valence electrons. The molecule has 1 aromatic carbocycles. The number of fused-ring (bicyclic) bond motifs is 1. The van der Waals surface area contributed by atoms with Crippen LogP contribution in [0.15, 0.2) is 24.3 Å². The molecule has 1 aromatic heterocycles. The number of methoxy groups -OCH3 is 1. The Kier molecular flexibility index (Phi) is 3.10. The van der Waals surface area contributed by atoms with Crippen molar-refractivity contribution in [3.63, 3.8) is 0 Å². The van der Waals surface area contributed by atoms with E-state index >= 15 is 0 Å². The first kappa shape index (κ1) is 11.6. The summed E-state index contributed by atoms with van der Waals surface area (Å²) < 4.78 is 6.75. The minimum Gasteiger partial charge on any atom is -0.480 e. The molecule has 2 rings (SSSR count). The van der Waals surface area contributed by atoms with Gasteiger partial charge in [-0.15, -0.1) is 0 Å². The molecule has 0 spiro atoms. The highest BCUT2D eigenvalue weighted by molar-refractivity contribution is 5.80. The van der Waals surface area contributed by atoms with E-state index in [9.17, 15) is 4.79 Å². The summed E-state index contributed by atoms with van der Waals surface area (Å²) in [4.78, 5) is 15.5. The van der Waals surface area contributed by atoms with Crippen molar-refractivity contribution in [2.45, 2.75) is 19.6 Å². The largest absolute Gasteiger partial charge is 0.480 e. The highest BCUT2D eigenvalue weighted by Gasteiger charge is 2.20. The van der Waals surface area contributed by atoms with Crippen molar-refractivity contribution in [3.05, 3.63) is 30.1 Å². The maximum absolute atomic E-state index is 11.1. The fourth-order valence-corrected chi connectivity index (χ4v) is 1.87. The monoisotopic (exact) mass is 234 g/mol. The highest BCUT2D eigenvalue weighted by atomic mass is 16.5. The summed E-state index contributed by atoms with van der Waals surface area (Å²) in [5.74, 6) is -0.255. The lowest BCUT2D eigenvalue weighted by Crippen LogP contribution is -2.18. The van der Waals surface area contributed by atoms with Crippen LogP contribution in [0.2, 0.25) is 0 Å². The lowest BCUT2D eigenvalue weighted by Gasteiger charge is -2.12. The summed E-state index contributed by atoms with van der Waals surface area (Å²) in [7, 11) is 1.56. The Balaban J connectivity index is 2.63. The molecule has 1 atom stereocenters. The minimum atomic E-state index is -0.884. The number of imidazole rings is 1. The zero-order chi connectivity index (χ0) is 12.4. The van der Waals surface area contributed by atoms with Crippen molar-refractivity contribution in [1.29, 1.82) is 0 Å². The summed E-state index contributed by atoms with van der Waals surface area (Å²) in [6.45, 7) is 1.93. The van der Waals surface area contributed by atoms with Gasteiger partial charge in [0.1, 0.15) is 18.5 Å². The van der Waals surface area contributed by atoms with Crippen molar-refractivity contribution in [3.8, 4) is 0 Å². The normalized spacial score (nSPS) is 12.8. The minimum absolute atomic E-state index is 0.298. The molecule has 1 N–H and O–H groups in total. The number of aromatic nitrogens is 2. The van der Waals surface area contributed by atoms with Crippen molar-refractivity contribution < 1.29 is 14.6 Å². The fourth-order valence-electron chi connectivity index (χ4n) is 1.87. The molecule has 2 aromatic rings. The summed E-state index contributed by atoms with van der Waals surface area (Å²) >= 11 is 0. The number of carboxylic acid groups (broad SMARTS) is 1. The van der Waals surface area contributed by atoms with Gasteiger partial charge in [-0.1, -0.05) is 12.1 Å². The molecule has 0 aliphatic rings. The smallest absolute Gasteiger partial charge is 0.326 e. The number of benzene rings is 1. The zero-order valence-electron chi connectivity index (χ0n) is 9.75. The van der Waals surface area contributed by atoms with Gasteiger partial charge in [-0.05, 0) is 19.1 Å². The second-order valence-corrected chi connectivity index (χ2v) is 3.83. The van der Waals surface area contributed by atoms with Crippen molar-refractivity contribution in [2.24, 2.45) is 0 Å². The molecule has 0 amide bonds. The number of nitrogens with zero attached hydrogens (tertiary/aromatic N) is 2. The van der Waals surface area contributed by atoms with E-state index in [1.807, 2.05) is 24.3 Å². The number of carbonyl (C=O) groups is 1. The topological polar surface area (TPSA) is 64.4 Å². The van der Waals surface area contributed by atoms with Crippen LogP contribution < -0.4 is 0 Å². The lowest BCUT2D eigenvalue weighted by atomic mass is 10.3. The van der Waals surface area contributed by atoms with Gasteiger partial charge < -0.3 is 14.4 Å². The number of aliphatic carboxylic acids is 1. The Morgan fingerprint density at radius 1 is 1.53 bits per heavy atom. The van der Waals surface area contributed by atoms with Crippen LogP contribution in [-0.2, 0) is 16.1 Å². The predicted molar refractivity (Wildman–Crippen MR) is 62.8 cm³/mol. The van der Waals surface area contributed by atoms with Crippen molar-refractivity contribution in [1.82, 2.24) is 9.55 Å².